The van der Waals surface area contributed by atoms with Gasteiger partial charge in [-0.25, -0.2) is 9.78 Å². The molecule has 28 heavy (non-hydrogen) atoms. The Morgan fingerprint density at radius 3 is 2.71 bits per heavy atom. The minimum atomic E-state index is -0.491. The molecule has 0 aliphatic rings. The summed E-state index contributed by atoms with van der Waals surface area (Å²) >= 11 is 2.27. The molecule has 2 aromatic carbocycles. The Bertz CT molecular complexity index is 1120. The summed E-state index contributed by atoms with van der Waals surface area (Å²) < 4.78 is 8.59. The molecule has 0 fully saturated rings. The van der Waals surface area contributed by atoms with Crippen LogP contribution in [0.15, 0.2) is 65.3 Å². The molecule has 0 bridgehead atoms. The lowest BCUT2D eigenvalue weighted by atomic mass is 10.1. The number of nitrogens with one attached hydrogen (secondary N) is 2. The number of fused-ring (bicyclic) bond motifs is 1. The highest BCUT2D eigenvalue weighted by Gasteiger charge is 2.15. The summed E-state index contributed by atoms with van der Waals surface area (Å²) in [4.78, 5) is 28.7. The maximum absolute atomic E-state index is 12.2. The van der Waals surface area contributed by atoms with Crippen LogP contribution in [0.25, 0.3) is 20.8 Å². The second-order valence-electron chi connectivity index (χ2n) is 5.89. The van der Waals surface area contributed by atoms with Gasteiger partial charge in [0.2, 0.25) is 0 Å². The molecule has 0 radical (unpaired) electrons. The Morgan fingerprint density at radius 1 is 1.07 bits per heavy atom. The van der Waals surface area contributed by atoms with Gasteiger partial charge in [0, 0.05) is 23.2 Å². The van der Waals surface area contributed by atoms with E-state index in [-0.39, 0.29) is 10.9 Å². The van der Waals surface area contributed by atoms with Crippen LogP contribution in [0.3, 0.4) is 0 Å². The number of urea groups is 1. The first-order chi connectivity index (χ1) is 13.6. The van der Waals surface area contributed by atoms with Crippen molar-refractivity contribution in [3.63, 3.8) is 0 Å². The number of amides is 2. The SMILES string of the molecule is Cc1c(NC(=O)NSC(=O)c2ccco2)cccc1-c1nc2ccccc2s1. The van der Waals surface area contributed by atoms with Gasteiger partial charge in [-0.05, 0) is 42.8 Å². The summed E-state index contributed by atoms with van der Waals surface area (Å²) in [6.07, 6.45) is 1.41. The van der Waals surface area contributed by atoms with Crippen molar-refractivity contribution in [1.29, 1.82) is 0 Å². The van der Waals surface area contributed by atoms with Crippen LogP contribution in [-0.4, -0.2) is 16.1 Å². The van der Waals surface area contributed by atoms with Crippen LogP contribution in [0.4, 0.5) is 10.5 Å². The maximum atomic E-state index is 12.2. The lowest BCUT2D eigenvalue weighted by molar-refractivity contribution is 0.106. The fourth-order valence-corrected chi connectivity index (χ4v) is 4.18. The first-order valence-electron chi connectivity index (χ1n) is 8.39. The fourth-order valence-electron chi connectivity index (χ4n) is 2.68. The van der Waals surface area contributed by atoms with Crippen molar-refractivity contribution >= 4 is 50.3 Å². The van der Waals surface area contributed by atoms with E-state index in [0.717, 1.165) is 26.4 Å². The summed E-state index contributed by atoms with van der Waals surface area (Å²) in [7, 11) is 0. The molecule has 0 aliphatic heterocycles. The van der Waals surface area contributed by atoms with E-state index in [2.05, 4.69) is 15.0 Å². The third-order valence-corrected chi connectivity index (χ3v) is 5.81. The number of hydrogen-bond acceptors (Lipinski definition) is 6. The van der Waals surface area contributed by atoms with Gasteiger partial charge >= 0.3 is 6.03 Å². The van der Waals surface area contributed by atoms with Crippen molar-refractivity contribution in [3.05, 3.63) is 72.2 Å². The third kappa shape index (κ3) is 3.78. The van der Waals surface area contributed by atoms with E-state index in [1.807, 2.05) is 49.4 Å². The Balaban J connectivity index is 1.48. The van der Waals surface area contributed by atoms with Gasteiger partial charge in [0.25, 0.3) is 5.12 Å². The molecule has 0 aliphatic carbocycles. The van der Waals surface area contributed by atoms with E-state index in [0.29, 0.717) is 17.6 Å². The monoisotopic (exact) mass is 409 g/mol. The van der Waals surface area contributed by atoms with Gasteiger partial charge in [0.05, 0.1) is 16.5 Å². The molecule has 140 valence electrons. The van der Waals surface area contributed by atoms with E-state index >= 15 is 0 Å². The number of benzene rings is 2. The van der Waals surface area contributed by atoms with Crippen molar-refractivity contribution in [2.45, 2.75) is 6.92 Å². The predicted octanol–water partition coefficient (Wildman–Crippen LogP) is 5.47. The third-order valence-electron chi connectivity index (χ3n) is 4.07. The number of carbonyl (C=O) groups excluding carboxylic acids is 2. The molecule has 2 amide bonds. The molecule has 4 aromatic rings. The molecule has 0 saturated heterocycles. The molecule has 8 heteroatoms. The van der Waals surface area contributed by atoms with E-state index < -0.39 is 6.03 Å². The van der Waals surface area contributed by atoms with Crippen LogP contribution in [-0.2, 0) is 0 Å². The van der Waals surface area contributed by atoms with Crippen LogP contribution < -0.4 is 10.0 Å². The lowest BCUT2D eigenvalue weighted by Crippen LogP contribution is -2.24. The molecule has 0 saturated carbocycles. The Labute approximate surface area is 169 Å². The Hall–Kier alpha value is -3.10. The zero-order valence-corrected chi connectivity index (χ0v) is 16.4. The highest BCUT2D eigenvalue weighted by atomic mass is 32.2. The number of anilines is 1. The smallest absolute Gasteiger partial charge is 0.329 e. The zero-order valence-electron chi connectivity index (χ0n) is 14.8. The number of aromatic nitrogens is 1. The molecule has 2 aromatic heterocycles. The highest BCUT2D eigenvalue weighted by Crippen LogP contribution is 2.34. The van der Waals surface area contributed by atoms with Gasteiger partial charge in [0.15, 0.2) is 5.76 Å². The maximum Gasteiger partial charge on any atom is 0.329 e. The average Bonchev–Trinajstić information content (AvgIpc) is 3.37. The van der Waals surface area contributed by atoms with Crippen LogP contribution in [0, 0.1) is 6.92 Å². The molecular formula is C20H15N3O3S2. The fraction of sp³-hybridized carbons (Fsp3) is 0.0500. The molecule has 0 unspecified atom stereocenters. The molecular weight excluding hydrogens is 394 g/mol. The molecule has 4 rings (SSSR count). The van der Waals surface area contributed by atoms with Crippen LogP contribution >= 0.6 is 23.3 Å². The molecule has 6 nitrogen and oxygen atoms in total. The summed E-state index contributed by atoms with van der Waals surface area (Å²) in [5, 5.41) is 3.30. The van der Waals surface area contributed by atoms with Gasteiger partial charge in [-0.1, -0.05) is 24.3 Å². The predicted molar refractivity (Wildman–Crippen MR) is 113 cm³/mol. The molecule has 2 heterocycles. The standard InChI is InChI=1S/C20H15N3O3S2/c1-12-13(18-21-15-7-2-3-10-17(15)27-18)6-4-8-14(12)22-20(25)23-28-19(24)16-9-5-11-26-16/h2-11H,1H3,(H2,22,23,25). The van der Waals surface area contributed by atoms with Crippen molar-refractivity contribution in [2.24, 2.45) is 0 Å². The summed E-state index contributed by atoms with van der Waals surface area (Å²) in [6.45, 7) is 1.93. The number of rotatable bonds is 3. The van der Waals surface area contributed by atoms with Crippen molar-refractivity contribution < 1.29 is 14.0 Å². The van der Waals surface area contributed by atoms with Gasteiger partial charge in [-0.3, -0.25) is 9.52 Å². The highest BCUT2D eigenvalue weighted by molar-refractivity contribution is 8.12. The lowest BCUT2D eigenvalue weighted by Gasteiger charge is -2.11. The average molecular weight is 409 g/mol. The number of thiazole rings is 1. The largest absolute Gasteiger partial charge is 0.460 e. The second kappa shape index (κ2) is 7.87. The number of carbonyl (C=O) groups is 2. The summed E-state index contributed by atoms with van der Waals surface area (Å²) in [6, 6.07) is 16.3. The first kappa shape index (κ1) is 18.3. The number of furan rings is 1. The molecule has 0 spiro atoms. The van der Waals surface area contributed by atoms with E-state index in [9.17, 15) is 9.59 Å². The van der Waals surface area contributed by atoms with Crippen molar-refractivity contribution in [2.75, 3.05) is 5.32 Å². The van der Waals surface area contributed by atoms with Crippen molar-refractivity contribution in [3.8, 4) is 10.6 Å². The Morgan fingerprint density at radius 2 is 1.93 bits per heavy atom. The summed E-state index contributed by atoms with van der Waals surface area (Å²) in [5.41, 5.74) is 3.46. The minimum absolute atomic E-state index is 0.180. The van der Waals surface area contributed by atoms with Gasteiger partial charge in [-0.2, -0.15) is 0 Å². The van der Waals surface area contributed by atoms with Crippen molar-refractivity contribution in [1.82, 2.24) is 9.71 Å². The van der Waals surface area contributed by atoms with E-state index in [1.54, 1.807) is 23.5 Å². The van der Waals surface area contributed by atoms with Gasteiger partial charge < -0.3 is 9.73 Å². The number of nitrogens with zero attached hydrogens (tertiary/aromatic N) is 1. The van der Waals surface area contributed by atoms with Gasteiger partial charge in [0.1, 0.15) is 5.01 Å². The number of hydrogen-bond donors (Lipinski definition) is 2. The van der Waals surface area contributed by atoms with Gasteiger partial charge in [-0.15, -0.1) is 11.3 Å². The number of para-hydroxylation sites is 1. The Kier molecular flexibility index (Phi) is 5.14. The topological polar surface area (TPSA) is 84.2 Å². The zero-order chi connectivity index (χ0) is 19.5. The molecule has 2 N–H and O–H groups in total. The van der Waals surface area contributed by atoms with Crippen LogP contribution in [0.1, 0.15) is 16.1 Å². The quantitative estimate of drug-likeness (QED) is 0.438. The van der Waals surface area contributed by atoms with E-state index in [1.165, 1.54) is 6.26 Å². The normalized spacial score (nSPS) is 10.8. The second-order valence-corrected chi connectivity index (χ2v) is 7.70. The first-order valence-corrected chi connectivity index (χ1v) is 10.0. The van der Waals surface area contributed by atoms with Crippen LogP contribution in [0.5, 0.6) is 0 Å². The summed E-state index contributed by atoms with van der Waals surface area (Å²) in [5.74, 6) is 0.180. The van der Waals surface area contributed by atoms with Crippen LogP contribution in [0.2, 0.25) is 0 Å². The minimum Gasteiger partial charge on any atom is -0.460 e. The van der Waals surface area contributed by atoms with E-state index in [4.69, 9.17) is 4.42 Å². The molecule has 0 atom stereocenters.